The monoisotopic (exact) mass is 152 g/mol. The fraction of sp³-hybridized carbons (Fsp3) is 0.625. The molecule has 1 aliphatic carbocycles. The molecule has 0 atom stereocenters. The highest BCUT2D eigenvalue weighted by Crippen LogP contribution is 2.39. The Morgan fingerprint density at radius 2 is 2.18 bits per heavy atom. The van der Waals surface area contributed by atoms with Gasteiger partial charge < -0.3 is 0 Å². The van der Waals surface area contributed by atoms with Crippen LogP contribution in [0.4, 0.5) is 0 Å². The third-order valence-electron chi connectivity index (χ3n) is 2.30. The molecule has 1 aliphatic rings. The third kappa shape index (κ3) is 0.914. The Hall–Kier alpha value is -0.990. The molecule has 0 amide bonds. The summed E-state index contributed by atoms with van der Waals surface area (Å²) >= 11 is 0. The lowest BCUT2D eigenvalue weighted by Gasteiger charge is -1.91. The maximum absolute atomic E-state index is 11.3. The summed E-state index contributed by atoms with van der Waals surface area (Å²) < 4.78 is 1.56. The quantitative estimate of drug-likeness (QED) is 0.637. The molecule has 1 aromatic rings. The minimum absolute atomic E-state index is 0.118. The van der Waals surface area contributed by atoms with E-state index in [9.17, 15) is 4.79 Å². The molecule has 0 bridgehead atoms. The summed E-state index contributed by atoms with van der Waals surface area (Å²) in [5.74, 6) is 0.642. The zero-order valence-electron chi connectivity index (χ0n) is 6.85. The van der Waals surface area contributed by atoms with E-state index in [2.05, 4.69) is 5.10 Å². The predicted molar refractivity (Wildman–Crippen MR) is 42.7 cm³/mol. The van der Waals surface area contributed by atoms with Gasteiger partial charge in [0.2, 0.25) is 0 Å². The highest BCUT2D eigenvalue weighted by molar-refractivity contribution is 5.23. The Balaban J connectivity index is 2.55. The van der Waals surface area contributed by atoms with Crippen molar-refractivity contribution in [3.63, 3.8) is 0 Å². The number of rotatable bonds is 1. The van der Waals surface area contributed by atoms with Crippen molar-refractivity contribution in [3.05, 3.63) is 21.6 Å². The highest BCUT2D eigenvalue weighted by atomic mass is 16.1. The van der Waals surface area contributed by atoms with E-state index in [4.69, 9.17) is 0 Å². The number of aromatic amines is 1. The van der Waals surface area contributed by atoms with E-state index in [0.29, 0.717) is 5.92 Å². The molecule has 0 spiro atoms. The zero-order chi connectivity index (χ0) is 8.01. The van der Waals surface area contributed by atoms with E-state index >= 15 is 0 Å². The Bertz CT molecular complexity index is 330. The molecule has 0 saturated heterocycles. The van der Waals surface area contributed by atoms with Gasteiger partial charge in [-0.25, -0.2) is 0 Å². The van der Waals surface area contributed by atoms with Crippen LogP contribution in [0.25, 0.3) is 0 Å². The van der Waals surface area contributed by atoms with Crippen molar-refractivity contribution in [1.29, 1.82) is 0 Å². The molecule has 2 rings (SSSR count). The summed E-state index contributed by atoms with van der Waals surface area (Å²) in [6, 6.07) is 0. The van der Waals surface area contributed by atoms with Gasteiger partial charge in [0.1, 0.15) is 0 Å². The minimum Gasteiger partial charge on any atom is -0.299 e. The smallest absolute Gasteiger partial charge is 0.269 e. The van der Waals surface area contributed by atoms with Gasteiger partial charge in [-0.1, -0.05) is 0 Å². The number of aryl methyl sites for hydroxylation is 1. The topological polar surface area (TPSA) is 37.8 Å². The van der Waals surface area contributed by atoms with Crippen LogP contribution < -0.4 is 5.56 Å². The van der Waals surface area contributed by atoms with Crippen LogP contribution in [0.15, 0.2) is 4.79 Å². The largest absolute Gasteiger partial charge is 0.299 e. The number of aromatic nitrogens is 2. The molecule has 1 saturated carbocycles. The standard InChI is InChI=1S/C8H12N2O/c1-5-7(6-3-4-6)9-10(2)8(5)11/h6,9H,3-4H2,1-2H3. The first kappa shape index (κ1) is 6.70. The summed E-state index contributed by atoms with van der Waals surface area (Å²) in [6.07, 6.45) is 2.47. The Morgan fingerprint density at radius 3 is 2.55 bits per heavy atom. The van der Waals surface area contributed by atoms with Crippen molar-refractivity contribution >= 4 is 0 Å². The van der Waals surface area contributed by atoms with E-state index in [1.165, 1.54) is 12.8 Å². The van der Waals surface area contributed by atoms with Gasteiger partial charge in [0.25, 0.3) is 5.56 Å². The molecule has 0 unspecified atom stereocenters. The molecular weight excluding hydrogens is 140 g/mol. The van der Waals surface area contributed by atoms with Crippen molar-refractivity contribution in [2.45, 2.75) is 25.7 Å². The summed E-state index contributed by atoms with van der Waals surface area (Å²) in [5.41, 5.74) is 2.17. The fourth-order valence-electron chi connectivity index (χ4n) is 1.45. The number of nitrogens with zero attached hydrogens (tertiary/aromatic N) is 1. The van der Waals surface area contributed by atoms with Crippen molar-refractivity contribution in [2.75, 3.05) is 0 Å². The molecule has 1 fully saturated rings. The average Bonchev–Trinajstić information content (AvgIpc) is 2.76. The first-order valence-electron chi connectivity index (χ1n) is 3.95. The van der Waals surface area contributed by atoms with Crippen LogP contribution in [-0.2, 0) is 7.05 Å². The Morgan fingerprint density at radius 1 is 1.55 bits per heavy atom. The molecule has 1 N–H and O–H groups in total. The molecule has 0 aromatic carbocycles. The lowest BCUT2D eigenvalue weighted by Crippen LogP contribution is -2.12. The molecule has 1 aromatic heterocycles. The number of H-pyrrole nitrogens is 1. The summed E-state index contributed by atoms with van der Waals surface area (Å²) in [5, 5.41) is 3.08. The lowest BCUT2D eigenvalue weighted by atomic mass is 10.2. The maximum atomic E-state index is 11.3. The van der Waals surface area contributed by atoms with Crippen molar-refractivity contribution < 1.29 is 0 Å². The number of nitrogens with one attached hydrogen (secondary N) is 1. The van der Waals surface area contributed by atoms with Crippen LogP contribution >= 0.6 is 0 Å². The van der Waals surface area contributed by atoms with Crippen LogP contribution in [0.5, 0.6) is 0 Å². The second-order valence-electron chi connectivity index (χ2n) is 3.29. The van der Waals surface area contributed by atoms with Crippen LogP contribution in [0.3, 0.4) is 0 Å². The van der Waals surface area contributed by atoms with Gasteiger partial charge in [-0.05, 0) is 19.8 Å². The van der Waals surface area contributed by atoms with Crippen LogP contribution in [0.1, 0.15) is 30.0 Å². The summed E-state index contributed by atoms with van der Waals surface area (Å²) in [4.78, 5) is 11.3. The first-order chi connectivity index (χ1) is 5.20. The lowest BCUT2D eigenvalue weighted by molar-refractivity contribution is 0.721. The van der Waals surface area contributed by atoms with Gasteiger partial charge in [-0.15, -0.1) is 0 Å². The van der Waals surface area contributed by atoms with Gasteiger partial charge in [-0.3, -0.25) is 14.6 Å². The molecule has 60 valence electrons. The van der Waals surface area contributed by atoms with Crippen molar-refractivity contribution in [1.82, 2.24) is 9.78 Å². The molecule has 3 nitrogen and oxygen atoms in total. The predicted octanol–water partition coefficient (Wildman–Crippen LogP) is 0.899. The van der Waals surface area contributed by atoms with Crippen molar-refractivity contribution in [3.8, 4) is 0 Å². The molecular formula is C8H12N2O. The molecule has 0 aliphatic heterocycles. The Kier molecular flexibility index (Phi) is 1.22. The fourth-order valence-corrected chi connectivity index (χ4v) is 1.45. The van der Waals surface area contributed by atoms with Crippen LogP contribution in [0, 0.1) is 6.92 Å². The maximum Gasteiger partial charge on any atom is 0.269 e. The van der Waals surface area contributed by atoms with Gasteiger partial charge >= 0.3 is 0 Å². The summed E-state index contributed by atoms with van der Waals surface area (Å²) in [7, 11) is 1.77. The average molecular weight is 152 g/mol. The first-order valence-corrected chi connectivity index (χ1v) is 3.95. The van der Waals surface area contributed by atoms with Crippen molar-refractivity contribution in [2.24, 2.45) is 7.05 Å². The third-order valence-corrected chi connectivity index (χ3v) is 2.30. The van der Waals surface area contributed by atoms with E-state index in [0.717, 1.165) is 11.3 Å². The van der Waals surface area contributed by atoms with E-state index in [1.807, 2.05) is 6.92 Å². The van der Waals surface area contributed by atoms with E-state index in [-0.39, 0.29) is 5.56 Å². The zero-order valence-corrected chi connectivity index (χ0v) is 6.85. The van der Waals surface area contributed by atoms with Crippen LogP contribution in [-0.4, -0.2) is 9.78 Å². The van der Waals surface area contributed by atoms with Gasteiger partial charge in [0.15, 0.2) is 0 Å². The normalized spacial score (nSPS) is 17.3. The highest BCUT2D eigenvalue weighted by Gasteiger charge is 2.27. The second-order valence-corrected chi connectivity index (χ2v) is 3.29. The van der Waals surface area contributed by atoms with Gasteiger partial charge in [0.05, 0.1) is 0 Å². The Labute approximate surface area is 65.0 Å². The van der Waals surface area contributed by atoms with Gasteiger partial charge in [-0.2, -0.15) is 0 Å². The van der Waals surface area contributed by atoms with E-state index < -0.39 is 0 Å². The molecule has 3 heteroatoms. The van der Waals surface area contributed by atoms with Crippen LogP contribution in [0.2, 0.25) is 0 Å². The SMILES string of the molecule is Cc1c(C2CC2)[nH]n(C)c1=O. The number of hydrogen-bond donors (Lipinski definition) is 1. The molecule has 11 heavy (non-hydrogen) atoms. The summed E-state index contributed by atoms with van der Waals surface area (Å²) in [6.45, 7) is 1.90. The second kappa shape index (κ2) is 2.00. The molecule has 1 heterocycles. The number of hydrogen-bond acceptors (Lipinski definition) is 1. The van der Waals surface area contributed by atoms with E-state index in [1.54, 1.807) is 11.7 Å². The van der Waals surface area contributed by atoms with Gasteiger partial charge in [0, 0.05) is 24.2 Å². The molecule has 0 radical (unpaired) electrons. The minimum atomic E-state index is 0.118.